The minimum atomic E-state index is -0.378. The van der Waals surface area contributed by atoms with Gasteiger partial charge in [-0.3, -0.25) is 4.79 Å². The maximum Gasteiger partial charge on any atom is 0.329 e. The second-order valence-corrected chi connectivity index (χ2v) is 7.22. The van der Waals surface area contributed by atoms with Gasteiger partial charge in [0, 0.05) is 12.2 Å². The van der Waals surface area contributed by atoms with Crippen molar-refractivity contribution in [3.8, 4) is 0 Å². The summed E-state index contributed by atoms with van der Waals surface area (Å²) in [7, 11) is 1.41. The van der Waals surface area contributed by atoms with Gasteiger partial charge < -0.3 is 9.64 Å². The highest BCUT2D eigenvalue weighted by Crippen LogP contribution is 2.41. The highest BCUT2D eigenvalue weighted by molar-refractivity contribution is 8.00. The molecule has 0 aromatic heterocycles. The third-order valence-corrected chi connectivity index (χ3v) is 6.06. The Morgan fingerprint density at radius 2 is 1.95 bits per heavy atom. The summed E-state index contributed by atoms with van der Waals surface area (Å²) in [4.78, 5) is 26.5. The number of nitrogens with zero attached hydrogens (tertiary/aromatic N) is 1. The number of carbonyl (C=O) groups is 2. The number of esters is 1. The molecule has 1 aliphatic carbocycles. The Morgan fingerprint density at radius 1 is 1.24 bits per heavy atom. The largest absolute Gasteiger partial charge is 0.467 e. The lowest BCUT2D eigenvalue weighted by Crippen LogP contribution is -2.48. The smallest absolute Gasteiger partial charge is 0.329 e. The molecule has 2 unspecified atom stereocenters. The molecule has 1 saturated heterocycles. The van der Waals surface area contributed by atoms with Crippen LogP contribution in [0.15, 0.2) is 0 Å². The molecule has 120 valence electrons. The molecule has 1 heterocycles. The summed E-state index contributed by atoms with van der Waals surface area (Å²) in [5.41, 5.74) is 0. The Bertz CT molecular complexity index is 369. The zero-order chi connectivity index (χ0) is 15.2. The van der Waals surface area contributed by atoms with Crippen LogP contribution in [0.2, 0.25) is 0 Å². The van der Waals surface area contributed by atoms with Crippen molar-refractivity contribution in [2.75, 3.05) is 12.9 Å². The quantitative estimate of drug-likeness (QED) is 0.731. The lowest BCUT2D eigenvalue weighted by molar-refractivity contribution is -0.152. The molecule has 1 amide bonds. The van der Waals surface area contributed by atoms with Gasteiger partial charge in [0.1, 0.15) is 6.04 Å². The number of rotatable bonds is 5. The van der Waals surface area contributed by atoms with Gasteiger partial charge in [0.25, 0.3) is 0 Å². The first-order chi connectivity index (χ1) is 10.2. The van der Waals surface area contributed by atoms with E-state index in [1.54, 1.807) is 11.8 Å². The normalized spacial score (nSPS) is 26.9. The van der Waals surface area contributed by atoms with Gasteiger partial charge in [-0.15, -0.1) is 11.8 Å². The lowest BCUT2D eigenvalue weighted by Gasteiger charge is -2.35. The van der Waals surface area contributed by atoms with Crippen LogP contribution < -0.4 is 0 Å². The van der Waals surface area contributed by atoms with Crippen LogP contribution in [0.3, 0.4) is 0 Å². The van der Waals surface area contributed by atoms with E-state index in [0.29, 0.717) is 18.1 Å². The third kappa shape index (κ3) is 3.93. The molecule has 2 rings (SSSR count). The topological polar surface area (TPSA) is 46.6 Å². The first-order valence-corrected chi connectivity index (χ1v) is 9.24. The van der Waals surface area contributed by atoms with E-state index < -0.39 is 0 Å². The molecule has 0 radical (unpaired) electrons. The van der Waals surface area contributed by atoms with Crippen molar-refractivity contribution in [3.63, 3.8) is 0 Å². The van der Waals surface area contributed by atoms with Crippen molar-refractivity contribution in [3.05, 3.63) is 0 Å². The second kappa shape index (κ2) is 8.06. The Hall–Kier alpha value is -0.710. The van der Waals surface area contributed by atoms with E-state index in [4.69, 9.17) is 4.74 Å². The minimum absolute atomic E-state index is 0.132. The van der Waals surface area contributed by atoms with Crippen LogP contribution in [0.1, 0.15) is 58.3 Å². The zero-order valence-electron chi connectivity index (χ0n) is 13.2. The predicted molar refractivity (Wildman–Crippen MR) is 85.0 cm³/mol. The number of amides is 1. The summed E-state index contributed by atoms with van der Waals surface area (Å²) in [6.45, 7) is 2.09. The molecule has 0 spiro atoms. The summed E-state index contributed by atoms with van der Waals surface area (Å²) in [6.07, 6.45) is 8.62. The van der Waals surface area contributed by atoms with Gasteiger partial charge in [-0.05, 0) is 25.2 Å². The Labute approximate surface area is 132 Å². The van der Waals surface area contributed by atoms with Crippen LogP contribution in [0.25, 0.3) is 0 Å². The molecule has 2 atom stereocenters. The molecule has 21 heavy (non-hydrogen) atoms. The number of hydrogen-bond donors (Lipinski definition) is 0. The molecular weight excluding hydrogens is 286 g/mol. The molecule has 4 nitrogen and oxygen atoms in total. The average molecular weight is 313 g/mol. The molecule has 5 heteroatoms. The van der Waals surface area contributed by atoms with Crippen LogP contribution in [-0.2, 0) is 14.3 Å². The number of thioether (sulfide) groups is 1. The van der Waals surface area contributed by atoms with Crippen molar-refractivity contribution >= 4 is 23.6 Å². The highest BCUT2D eigenvalue weighted by Gasteiger charge is 2.44. The average Bonchev–Trinajstić information content (AvgIpc) is 2.97. The van der Waals surface area contributed by atoms with E-state index in [1.807, 2.05) is 4.90 Å². The number of unbranched alkanes of at least 4 members (excludes halogenated alkanes) is 1. The molecule has 1 saturated carbocycles. The molecule has 1 aliphatic heterocycles. The van der Waals surface area contributed by atoms with E-state index in [0.717, 1.165) is 12.8 Å². The molecule has 2 aliphatic rings. The maximum atomic E-state index is 12.6. The van der Waals surface area contributed by atoms with Crippen molar-refractivity contribution in [2.45, 2.75) is 69.7 Å². The van der Waals surface area contributed by atoms with E-state index in [9.17, 15) is 9.59 Å². The molecule has 2 fully saturated rings. The number of methoxy groups -OCH3 is 1. The Morgan fingerprint density at radius 3 is 2.57 bits per heavy atom. The summed E-state index contributed by atoms with van der Waals surface area (Å²) in [5.74, 6) is 1.11. The summed E-state index contributed by atoms with van der Waals surface area (Å²) in [6, 6.07) is -0.378. The van der Waals surface area contributed by atoms with E-state index in [-0.39, 0.29) is 23.3 Å². The molecule has 0 aromatic carbocycles. The fraction of sp³-hybridized carbons (Fsp3) is 0.875. The maximum absolute atomic E-state index is 12.6. The van der Waals surface area contributed by atoms with Crippen LogP contribution in [0.5, 0.6) is 0 Å². The van der Waals surface area contributed by atoms with Gasteiger partial charge in [-0.25, -0.2) is 4.79 Å². The SMILES string of the molecule is CCCCC(=O)N1C(C(=O)OC)CSC1C1CCCCC1. The predicted octanol–water partition coefficient (Wildman–Crippen LogP) is 3.20. The van der Waals surface area contributed by atoms with Gasteiger partial charge in [-0.2, -0.15) is 0 Å². The zero-order valence-corrected chi connectivity index (χ0v) is 14.0. The number of hydrogen-bond acceptors (Lipinski definition) is 4. The molecule has 0 N–H and O–H groups in total. The van der Waals surface area contributed by atoms with E-state index in [1.165, 1.54) is 39.2 Å². The van der Waals surface area contributed by atoms with E-state index >= 15 is 0 Å². The highest BCUT2D eigenvalue weighted by atomic mass is 32.2. The summed E-state index contributed by atoms with van der Waals surface area (Å²) in [5, 5.41) is 0.179. The van der Waals surface area contributed by atoms with Crippen molar-refractivity contribution in [1.82, 2.24) is 4.90 Å². The minimum Gasteiger partial charge on any atom is -0.467 e. The molecule has 0 aromatic rings. The van der Waals surface area contributed by atoms with Gasteiger partial charge in [-0.1, -0.05) is 32.6 Å². The van der Waals surface area contributed by atoms with E-state index in [2.05, 4.69) is 6.92 Å². The second-order valence-electron chi connectivity index (χ2n) is 6.07. The van der Waals surface area contributed by atoms with Crippen LogP contribution in [0.4, 0.5) is 0 Å². The first-order valence-electron chi connectivity index (χ1n) is 8.19. The van der Waals surface area contributed by atoms with Gasteiger partial charge >= 0.3 is 5.97 Å². The Balaban J connectivity index is 2.10. The van der Waals surface area contributed by atoms with Gasteiger partial charge in [0.2, 0.25) is 5.91 Å². The monoisotopic (exact) mass is 313 g/mol. The summed E-state index contributed by atoms with van der Waals surface area (Å²) < 4.78 is 4.91. The van der Waals surface area contributed by atoms with Crippen molar-refractivity contribution < 1.29 is 14.3 Å². The Kier molecular flexibility index (Phi) is 6.40. The first kappa shape index (κ1) is 16.7. The van der Waals surface area contributed by atoms with Crippen LogP contribution >= 0.6 is 11.8 Å². The van der Waals surface area contributed by atoms with Crippen LogP contribution in [0, 0.1) is 5.92 Å². The fourth-order valence-electron chi connectivity index (χ4n) is 3.40. The van der Waals surface area contributed by atoms with Crippen molar-refractivity contribution in [2.24, 2.45) is 5.92 Å². The van der Waals surface area contributed by atoms with Gasteiger partial charge in [0.05, 0.1) is 12.5 Å². The van der Waals surface area contributed by atoms with Crippen molar-refractivity contribution in [1.29, 1.82) is 0 Å². The molecule has 0 bridgehead atoms. The van der Waals surface area contributed by atoms with Gasteiger partial charge in [0.15, 0.2) is 0 Å². The summed E-state index contributed by atoms with van der Waals surface area (Å²) >= 11 is 1.77. The molecular formula is C16H27NO3S. The standard InChI is InChI=1S/C16H27NO3S/c1-3-4-10-14(18)17-13(16(19)20-2)11-21-15(17)12-8-6-5-7-9-12/h12-13,15H,3-11H2,1-2H3. The third-order valence-electron chi connectivity index (χ3n) is 4.59. The lowest BCUT2D eigenvalue weighted by atomic mass is 9.88. The number of ether oxygens (including phenoxy) is 1. The van der Waals surface area contributed by atoms with Crippen LogP contribution in [-0.4, -0.2) is 41.1 Å². The fourth-order valence-corrected chi connectivity index (χ4v) is 5.05. The number of carbonyl (C=O) groups excluding carboxylic acids is 2.